The van der Waals surface area contributed by atoms with Gasteiger partial charge in [0.25, 0.3) is 0 Å². The van der Waals surface area contributed by atoms with Gasteiger partial charge in [-0.15, -0.1) is 0 Å². The molecule has 2 amide bonds. The van der Waals surface area contributed by atoms with Crippen molar-refractivity contribution in [2.75, 3.05) is 12.3 Å². The zero-order chi connectivity index (χ0) is 15.7. The van der Waals surface area contributed by atoms with Crippen molar-refractivity contribution in [3.05, 3.63) is 0 Å². The first-order valence-corrected chi connectivity index (χ1v) is 6.53. The Morgan fingerprint density at radius 3 is 2.25 bits per heavy atom. The normalized spacial score (nSPS) is 13.1. The molecule has 0 aliphatic carbocycles. The zero-order valence-electron chi connectivity index (χ0n) is 11.0. The average Bonchev–Trinajstić information content (AvgIpc) is 2.38. The summed E-state index contributed by atoms with van der Waals surface area (Å²) in [6, 6.07) is -0.953. The van der Waals surface area contributed by atoms with Crippen molar-refractivity contribution in [3.63, 3.8) is 0 Å². The fraction of sp³-hybridized carbons (Fsp3) is 0.636. The molecule has 0 aliphatic heterocycles. The second-order valence-corrected chi connectivity index (χ2v) is 4.56. The van der Waals surface area contributed by atoms with Gasteiger partial charge in [-0.05, 0) is 6.42 Å². The lowest BCUT2D eigenvalue weighted by atomic mass is 10.1. The maximum absolute atomic E-state index is 11.5. The Labute approximate surface area is 121 Å². The molecule has 0 bridgehead atoms. The third-order valence-electron chi connectivity index (χ3n) is 2.47. The van der Waals surface area contributed by atoms with Gasteiger partial charge in [-0.1, -0.05) is 6.92 Å². The molecule has 0 unspecified atom stereocenters. The third kappa shape index (κ3) is 7.62. The van der Waals surface area contributed by atoms with E-state index < -0.39 is 42.3 Å². The van der Waals surface area contributed by atoms with E-state index in [2.05, 4.69) is 23.3 Å². The van der Waals surface area contributed by atoms with Gasteiger partial charge in [0.15, 0.2) is 0 Å². The van der Waals surface area contributed by atoms with Gasteiger partial charge in [-0.3, -0.25) is 19.2 Å². The van der Waals surface area contributed by atoms with Crippen molar-refractivity contribution in [1.29, 1.82) is 0 Å². The molecular formula is C11H18N2O6S. The van der Waals surface area contributed by atoms with E-state index in [0.29, 0.717) is 0 Å². The number of carboxylic acid groups (broad SMARTS) is 2. The van der Waals surface area contributed by atoms with Gasteiger partial charge in [0.1, 0.15) is 12.6 Å². The molecule has 8 nitrogen and oxygen atoms in total. The number of thiol groups is 1. The molecule has 2 atom stereocenters. The summed E-state index contributed by atoms with van der Waals surface area (Å²) >= 11 is 3.90. The minimum absolute atomic E-state index is 0.00563. The number of carbonyl (C=O) groups is 4. The van der Waals surface area contributed by atoms with E-state index in [9.17, 15) is 19.2 Å². The molecule has 114 valence electrons. The maximum Gasteiger partial charge on any atom is 0.322 e. The number of hydrogen-bond acceptors (Lipinski definition) is 5. The van der Waals surface area contributed by atoms with Crippen LogP contribution in [0.5, 0.6) is 0 Å². The van der Waals surface area contributed by atoms with Crippen LogP contribution in [0.1, 0.15) is 19.8 Å². The van der Waals surface area contributed by atoms with E-state index >= 15 is 0 Å². The van der Waals surface area contributed by atoms with Gasteiger partial charge >= 0.3 is 11.9 Å². The molecule has 4 N–H and O–H groups in total. The Bertz CT molecular complexity index is 387. The number of aliphatic carboxylic acids is 2. The summed E-state index contributed by atoms with van der Waals surface area (Å²) in [4.78, 5) is 44.0. The van der Waals surface area contributed by atoms with E-state index in [1.54, 1.807) is 0 Å². The summed E-state index contributed by atoms with van der Waals surface area (Å²) in [7, 11) is 0. The molecule has 0 aromatic carbocycles. The molecule has 0 fully saturated rings. The Morgan fingerprint density at radius 2 is 1.80 bits per heavy atom. The van der Waals surface area contributed by atoms with Crippen molar-refractivity contribution in [3.8, 4) is 0 Å². The van der Waals surface area contributed by atoms with Gasteiger partial charge in [0.05, 0.1) is 5.92 Å². The first-order chi connectivity index (χ1) is 9.27. The molecule has 0 heterocycles. The fourth-order valence-electron chi connectivity index (χ4n) is 1.22. The molecule has 0 saturated carbocycles. The van der Waals surface area contributed by atoms with Crippen molar-refractivity contribution in [2.45, 2.75) is 25.8 Å². The SMILES string of the molecule is C[C@H](CCC(=O)N[C@@H](CS)C(=O)NCC(=O)O)C(=O)O. The molecule has 0 aliphatic rings. The second kappa shape index (κ2) is 9.18. The predicted molar refractivity (Wildman–Crippen MR) is 72.5 cm³/mol. The highest BCUT2D eigenvalue weighted by Crippen LogP contribution is 2.05. The number of amides is 2. The van der Waals surface area contributed by atoms with Gasteiger partial charge in [0, 0.05) is 12.2 Å². The molecule has 0 radical (unpaired) electrons. The van der Waals surface area contributed by atoms with Crippen LogP contribution in [0.15, 0.2) is 0 Å². The van der Waals surface area contributed by atoms with Crippen molar-refractivity contribution < 1.29 is 29.4 Å². The number of carboxylic acids is 2. The summed E-state index contributed by atoms with van der Waals surface area (Å²) in [6.45, 7) is 0.931. The Balaban J connectivity index is 4.21. The molecule has 9 heteroatoms. The van der Waals surface area contributed by atoms with Gasteiger partial charge < -0.3 is 20.8 Å². The van der Waals surface area contributed by atoms with Gasteiger partial charge in [-0.2, -0.15) is 12.6 Å². The second-order valence-electron chi connectivity index (χ2n) is 4.19. The van der Waals surface area contributed by atoms with E-state index in [-0.39, 0.29) is 18.6 Å². The first kappa shape index (κ1) is 18.2. The van der Waals surface area contributed by atoms with Crippen LogP contribution in [0.25, 0.3) is 0 Å². The highest BCUT2D eigenvalue weighted by molar-refractivity contribution is 7.80. The number of carbonyl (C=O) groups excluding carboxylic acids is 2. The molecule has 0 spiro atoms. The van der Waals surface area contributed by atoms with E-state index in [1.165, 1.54) is 6.92 Å². The van der Waals surface area contributed by atoms with Crippen molar-refractivity contribution in [1.82, 2.24) is 10.6 Å². The van der Waals surface area contributed by atoms with E-state index in [1.807, 2.05) is 0 Å². The molecule has 0 aromatic rings. The minimum atomic E-state index is -1.20. The van der Waals surface area contributed by atoms with E-state index in [0.717, 1.165) is 0 Å². The summed E-state index contributed by atoms with van der Waals surface area (Å²) in [5.74, 6) is -3.98. The van der Waals surface area contributed by atoms with Crippen LogP contribution in [0, 0.1) is 5.92 Å². The van der Waals surface area contributed by atoms with Gasteiger partial charge in [-0.25, -0.2) is 0 Å². The Morgan fingerprint density at radius 1 is 1.20 bits per heavy atom. The summed E-state index contributed by atoms with van der Waals surface area (Å²) < 4.78 is 0. The molecular weight excluding hydrogens is 288 g/mol. The maximum atomic E-state index is 11.5. The smallest absolute Gasteiger partial charge is 0.322 e. The van der Waals surface area contributed by atoms with Gasteiger partial charge in [0.2, 0.25) is 11.8 Å². The average molecular weight is 306 g/mol. The Kier molecular flexibility index (Phi) is 8.37. The molecule has 20 heavy (non-hydrogen) atoms. The van der Waals surface area contributed by atoms with Crippen molar-refractivity contribution >= 4 is 36.4 Å². The van der Waals surface area contributed by atoms with Crippen LogP contribution >= 0.6 is 12.6 Å². The molecule has 0 saturated heterocycles. The minimum Gasteiger partial charge on any atom is -0.481 e. The van der Waals surface area contributed by atoms with Crippen LogP contribution in [0.4, 0.5) is 0 Å². The molecule has 0 rings (SSSR count). The van der Waals surface area contributed by atoms with Crippen LogP contribution in [0.3, 0.4) is 0 Å². The monoisotopic (exact) mass is 306 g/mol. The number of rotatable bonds is 9. The standard InChI is InChI=1S/C11H18N2O6S/c1-6(11(18)19)2-3-8(14)13-7(5-20)10(17)12-4-9(15)16/h6-7,20H,2-5H2,1H3,(H,12,17)(H,13,14)(H,15,16)(H,18,19)/t6-,7+/m1/s1. The lowest BCUT2D eigenvalue weighted by Crippen LogP contribution is -2.49. The zero-order valence-corrected chi connectivity index (χ0v) is 11.9. The largest absolute Gasteiger partial charge is 0.481 e. The summed E-state index contributed by atoms with van der Waals surface area (Å²) in [5, 5.41) is 21.6. The van der Waals surface area contributed by atoms with Crippen molar-refractivity contribution in [2.24, 2.45) is 5.92 Å². The van der Waals surface area contributed by atoms with Crippen LogP contribution < -0.4 is 10.6 Å². The lowest BCUT2D eigenvalue weighted by Gasteiger charge is -2.16. The van der Waals surface area contributed by atoms with E-state index in [4.69, 9.17) is 10.2 Å². The number of nitrogens with one attached hydrogen (secondary N) is 2. The topological polar surface area (TPSA) is 133 Å². The highest BCUT2D eigenvalue weighted by atomic mass is 32.1. The quantitative estimate of drug-likeness (QED) is 0.351. The predicted octanol–water partition coefficient (Wildman–Crippen LogP) is -0.897. The Hall–Kier alpha value is -1.77. The molecule has 0 aromatic heterocycles. The summed E-state index contributed by atoms with van der Waals surface area (Å²) in [5.41, 5.74) is 0. The summed E-state index contributed by atoms with van der Waals surface area (Å²) in [6.07, 6.45) is 0.112. The van der Waals surface area contributed by atoms with Crippen LogP contribution in [-0.4, -0.2) is 52.3 Å². The lowest BCUT2D eigenvalue weighted by molar-refractivity contribution is -0.141. The van der Waals surface area contributed by atoms with Crippen LogP contribution in [-0.2, 0) is 19.2 Å². The third-order valence-corrected chi connectivity index (χ3v) is 2.84. The van der Waals surface area contributed by atoms with Crippen LogP contribution in [0.2, 0.25) is 0 Å². The highest BCUT2D eigenvalue weighted by Gasteiger charge is 2.20. The fourth-order valence-corrected chi connectivity index (χ4v) is 1.47. The number of hydrogen-bond donors (Lipinski definition) is 5. The first-order valence-electron chi connectivity index (χ1n) is 5.90.